The standard InChI is InChI=1S/C16H20N2O4S/c1-2-18-9-3-4-13(18)11-17-23(20,21)14-6-7-15-12(10-14)5-8-16(19)22-15/h5-8,10,13,17H,2-4,9,11H2,1H3/t13-/m0/s1. The first-order chi connectivity index (χ1) is 11.0. The van der Waals surface area contributed by atoms with Gasteiger partial charge in [-0.05, 0) is 50.2 Å². The van der Waals surface area contributed by atoms with Gasteiger partial charge in [0.25, 0.3) is 0 Å². The van der Waals surface area contributed by atoms with Crippen LogP contribution >= 0.6 is 0 Å². The Bertz CT molecular complexity index is 860. The summed E-state index contributed by atoms with van der Waals surface area (Å²) in [5.41, 5.74) is -0.0727. The van der Waals surface area contributed by atoms with E-state index in [0.29, 0.717) is 17.5 Å². The van der Waals surface area contributed by atoms with Crippen molar-refractivity contribution in [1.29, 1.82) is 0 Å². The fraction of sp³-hybridized carbons (Fsp3) is 0.438. The number of likely N-dealkylation sites (tertiary alicyclic amines) is 1. The molecule has 0 unspecified atom stereocenters. The van der Waals surface area contributed by atoms with Gasteiger partial charge in [0.15, 0.2) is 0 Å². The monoisotopic (exact) mass is 336 g/mol. The van der Waals surface area contributed by atoms with Gasteiger partial charge < -0.3 is 4.42 Å². The van der Waals surface area contributed by atoms with E-state index in [1.54, 1.807) is 6.07 Å². The lowest BCUT2D eigenvalue weighted by Gasteiger charge is -2.22. The maximum atomic E-state index is 12.5. The molecule has 1 aromatic carbocycles. The van der Waals surface area contributed by atoms with Crippen LogP contribution in [0.4, 0.5) is 0 Å². The first-order valence-electron chi connectivity index (χ1n) is 7.77. The molecular formula is C16H20N2O4S. The Labute approximate surface area is 135 Å². The van der Waals surface area contributed by atoms with Crippen LogP contribution in [-0.2, 0) is 10.0 Å². The van der Waals surface area contributed by atoms with Crippen molar-refractivity contribution in [3.8, 4) is 0 Å². The van der Waals surface area contributed by atoms with Crippen LogP contribution < -0.4 is 10.3 Å². The molecule has 2 aromatic rings. The van der Waals surface area contributed by atoms with Crippen molar-refractivity contribution in [2.45, 2.75) is 30.7 Å². The minimum absolute atomic E-state index is 0.180. The van der Waals surface area contributed by atoms with Gasteiger partial charge in [0.2, 0.25) is 10.0 Å². The van der Waals surface area contributed by atoms with Gasteiger partial charge in [0.1, 0.15) is 5.58 Å². The summed E-state index contributed by atoms with van der Waals surface area (Å²) < 4.78 is 32.7. The second kappa shape index (κ2) is 6.43. The van der Waals surface area contributed by atoms with Crippen molar-refractivity contribution in [3.63, 3.8) is 0 Å². The molecule has 1 aromatic heterocycles. The lowest BCUT2D eigenvalue weighted by molar-refractivity contribution is 0.268. The van der Waals surface area contributed by atoms with Crippen LogP contribution in [0.25, 0.3) is 11.0 Å². The molecule has 0 radical (unpaired) electrons. The molecule has 1 aliphatic rings. The van der Waals surface area contributed by atoms with E-state index >= 15 is 0 Å². The van der Waals surface area contributed by atoms with Crippen molar-refractivity contribution < 1.29 is 12.8 Å². The molecule has 1 atom stereocenters. The molecule has 3 rings (SSSR count). The van der Waals surface area contributed by atoms with E-state index in [9.17, 15) is 13.2 Å². The Kier molecular flexibility index (Phi) is 4.52. The summed E-state index contributed by atoms with van der Waals surface area (Å²) in [5, 5.41) is 0.587. The lowest BCUT2D eigenvalue weighted by Crippen LogP contribution is -2.39. The summed E-state index contributed by atoms with van der Waals surface area (Å²) in [4.78, 5) is 13.6. The second-order valence-electron chi connectivity index (χ2n) is 5.73. The molecule has 0 amide bonds. The highest BCUT2D eigenvalue weighted by Crippen LogP contribution is 2.19. The Morgan fingerprint density at radius 1 is 1.30 bits per heavy atom. The van der Waals surface area contributed by atoms with E-state index in [4.69, 9.17) is 4.42 Å². The van der Waals surface area contributed by atoms with E-state index in [1.807, 2.05) is 0 Å². The fourth-order valence-electron chi connectivity index (χ4n) is 3.05. The van der Waals surface area contributed by atoms with Crippen LogP contribution in [0.5, 0.6) is 0 Å². The molecule has 2 heterocycles. The Morgan fingerprint density at radius 2 is 2.13 bits per heavy atom. The van der Waals surface area contributed by atoms with Gasteiger partial charge in [-0.2, -0.15) is 0 Å². The van der Waals surface area contributed by atoms with Crippen molar-refractivity contribution in [2.75, 3.05) is 19.6 Å². The second-order valence-corrected chi connectivity index (χ2v) is 7.50. The molecule has 1 fully saturated rings. The number of nitrogens with zero attached hydrogens (tertiary/aromatic N) is 1. The summed E-state index contributed by atoms with van der Waals surface area (Å²) in [6.45, 7) is 4.46. The van der Waals surface area contributed by atoms with Crippen LogP contribution in [-0.4, -0.2) is 39.0 Å². The maximum absolute atomic E-state index is 12.5. The Hall–Kier alpha value is -1.70. The highest BCUT2D eigenvalue weighted by molar-refractivity contribution is 7.89. The highest BCUT2D eigenvalue weighted by Gasteiger charge is 2.25. The van der Waals surface area contributed by atoms with Crippen molar-refractivity contribution >= 4 is 21.0 Å². The molecule has 6 nitrogen and oxygen atoms in total. The molecule has 1 N–H and O–H groups in total. The van der Waals surface area contributed by atoms with Crippen LogP contribution in [0.2, 0.25) is 0 Å². The van der Waals surface area contributed by atoms with E-state index in [2.05, 4.69) is 16.5 Å². The first-order valence-corrected chi connectivity index (χ1v) is 9.25. The number of hydrogen-bond donors (Lipinski definition) is 1. The minimum Gasteiger partial charge on any atom is -0.423 e. The van der Waals surface area contributed by atoms with Gasteiger partial charge in [-0.1, -0.05) is 6.92 Å². The minimum atomic E-state index is -3.58. The lowest BCUT2D eigenvalue weighted by atomic mass is 10.2. The average Bonchev–Trinajstić information content (AvgIpc) is 3.00. The number of rotatable bonds is 5. The molecule has 0 bridgehead atoms. The Morgan fingerprint density at radius 3 is 2.91 bits per heavy atom. The van der Waals surface area contributed by atoms with Gasteiger partial charge in [-0.3, -0.25) is 4.90 Å². The largest absolute Gasteiger partial charge is 0.423 e. The van der Waals surface area contributed by atoms with Gasteiger partial charge in [0.05, 0.1) is 4.90 Å². The maximum Gasteiger partial charge on any atom is 0.336 e. The van der Waals surface area contributed by atoms with Crippen molar-refractivity contribution in [3.05, 3.63) is 40.8 Å². The predicted octanol–water partition coefficient (Wildman–Crippen LogP) is 1.56. The molecular weight excluding hydrogens is 316 g/mol. The molecule has 23 heavy (non-hydrogen) atoms. The molecule has 0 aliphatic carbocycles. The Balaban J connectivity index is 1.79. The van der Waals surface area contributed by atoms with Gasteiger partial charge in [-0.15, -0.1) is 0 Å². The van der Waals surface area contributed by atoms with Crippen LogP contribution in [0.3, 0.4) is 0 Å². The summed E-state index contributed by atoms with van der Waals surface area (Å²) in [5.74, 6) is 0. The van der Waals surface area contributed by atoms with Gasteiger partial charge >= 0.3 is 5.63 Å². The summed E-state index contributed by atoms with van der Waals surface area (Å²) in [6, 6.07) is 7.60. The van der Waals surface area contributed by atoms with Gasteiger partial charge in [0, 0.05) is 24.0 Å². The molecule has 0 saturated carbocycles. The number of benzene rings is 1. The predicted molar refractivity (Wildman–Crippen MR) is 87.9 cm³/mol. The van der Waals surface area contributed by atoms with E-state index in [1.165, 1.54) is 24.3 Å². The zero-order valence-corrected chi connectivity index (χ0v) is 13.8. The van der Waals surface area contributed by atoms with Crippen LogP contribution in [0, 0.1) is 0 Å². The van der Waals surface area contributed by atoms with Crippen LogP contribution in [0.1, 0.15) is 19.8 Å². The molecule has 1 saturated heterocycles. The number of fused-ring (bicyclic) bond motifs is 1. The van der Waals surface area contributed by atoms with Crippen molar-refractivity contribution in [1.82, 2.24) is 9.62 Å². The quantitative estimate of drug-likeness (QED) is 0.838. The van der Waals surface area contributed by atoms with Gasteiger partial charge in [-0.25, -0.2) is 17.9 Å². The van der Waals surface area contributed by atoms with E-state index in [-0.39, 0.29) is 10.9 Å². The van der Waals surface area contributed by atoms with E-state index < -0.39 is 15.6 Å². The zero-order chi connectivity index (χ0) is 16.4. The average molecular weight is 336 g/mol. The SMILES string of the molecule is CCN1CCC[C@H]1CNS(=O)(=O)c1ccc2oc(=O)ccc2c1. The van der Waals surface area contributed by atoms with Crippen molar-refractivity contribution in [2.24, 2.45) is 0 Å². The first kappa shape index (κ1) is 16.2. The highest BCUT2D eigenvalue weighted by atomic mass is 32.2. The number of likely N-dealkylation sites (N-methyl/N-ethyl adjacent to an activating group) is 1. The number of sulfonamides is 1. The molecule has 7 heteroatoms. The third-order valence-corrected chi connectivity index (χ3v) is 5.74. The smallest absolute Gasteiger partial charge is 0.336 e. The van der Waals surface area contributed by atoms with Crippen LogP contribution in [0.15, 0.2) is 44.4 Å². The summed E-state index contributed by atoms with van der Waals surface area (Å²) in [6.07, 6.45) is 2.12. The zero-order valence-electron chi connectivity index (χ0n) is 13.0. The fourth-order valence-corrected chi connectivity index (χ4v) is 4.16. The molecule has 0 spiro atoms. The number of nitrogens with one attached hydrogen (secondary N) is 1. The number of hydrogen-bond acceptors (Lipinski definition) is 5. The third-order valence-electron chi connectivity index (χ3n) is 4.32. The summed E-state index contributed by atoms with van der Waals surface area (Å²) >= 11 is 0. The molecule has 124 valence electrons. The normalized spacial score (nSPS) is 19.4. The van der Waals surface area contributed by atoms with E-state index in [0.717, 1.165) is 25.9 Å². The topological polar surface area (TPSA) is 79.6 Å². The third kappa shape index (κ3) is 3.46. The molecule has 1 aliphatic heterocycles. The summed E-state index contributed by atoms with van der Waals surface area (Å²) in [7, 11) is -3.58.